The molecule has 26 heteroatoms. The van der Waals surface area contributed by atoms with Crippen molar-refractivity contribution in [1.82, 2.24) is 59.1 Å². The molecule has 0 amide bonds. The Balaban J connectivity index is 0.000000188. The summed E-state index contributed by atoms with van der Waals surface area (Å²) in [6.45, 7) is 0.987. The highest BCUT2D eigenvalue weighted by molar-refractivity contribution is 5.93. The Kier molecular flexibility index (Phi) is 18.6. The number of carboxylic acid groups (broad SMARTS) is 2. The lowest BCUT2D eigenvalue weighted by Gasteiger charge is -2.12. The average molecular weight is 1260 g/mol. The smallest absolute Gasteiger partial charge is 0.335 e. The van der Waals surface area contributed by atoms with E-state index in [4.69, 9.17) is 18.9 Å². The molecule has 0 atom stereocenters. The highest BCUT2D eigenvalue weighted by Gasteiger charge is 2.22. The minimum absolute atomic E-state index is 0.0540. The van der Waals surface area contributed by atoms with Gasteiger partial charge >= 0.3 is 11.9 Å². The highest BCUT2D eigenvalue weighted by Crippen LogP contribution is 2.32. The fourth-order valence-corrected chi connectivity index (χ4v) is 10.1. The number of fused-ring (bicyclic) bond motifs is 2. The maximum atomic E-state index is 15.5. The molecule has 0 spiro atoms. The van der Waals surface area contributed by atoms with Crippen LogP contribution in [0.25, 0.3) is 67.1 Å². The van der Waals surface area contributed by atoms with E-state index in [-0.39, 0.29) is 93.7 Å². The van der Waals surface area contributed by atoms with Crippen molar-refractivity contribution in [3.8, 4) is 56.8 Å². The van der Waals surface area contributed by atoms with E-state index in [2.05, 4.69) is 40.6 Å². The van der Waals surface area contributed by atoms with Gasteiger partial charge in [0.05, 0.1) is 70.2 Å². The number of carbonyl (C=O) groups is 2. The molecule has 20 nitrogen and oxygen atoms in total. The zero-order valence-electron chi connectivity index (χ0n) is 49.5. The summed E-state index contributed by atoms with van der Waals surface area (Å²) in [5.41, 5.74) is 5.27. The molecule has 12 rings (SSSR count). The van der Waals surface area contributed by atoms with Gasteiger partial charge in [0.1, 0.15) is 71.2 Å². The van der Waals surface area contributed by atoms with E-state index in [1.807, 2.05) is 0 Å². The number of hydrogen-bond donors (Lipinski definition) is 2. The van der Waals surface area contributed by atoms with E-state index < -0.39 is 46.8 Å². The Morgan fingerprint density at radius 1 is 0.457 bits per heavy atom. The number of nitrogens with zero attached hydrogens (tertiary/aromatic N) is 12. The number of hydrogen-bond acceptors (Lipinski definition) is 14. The van der Waals surface area contributed by atoms with Crippen molar-refractivity contribution >= 4 is 34.0 Å². The number of aromatic carboxylic acids is 2. The van der Waals surface area contributed by atoms with E-state index in [0.29, 0.717) is 82.5 Å². The second-order valence-corrected chi connectivity index (χ2v) is 21.0. The Bertz CT molecular complexity index is 4450. The predicted molar refractivity (Wildman–Crippen MR) is 323 cm³/mol. The molecule has 0 unspecified atom stereocenters. The number of halogens is 6. The third-order valence-electron chi connectivity index (χ3n) is 14.8. The molecule has 0 aliphatic heterocycles. The maximum Gasteiger partial charge on any atom is 0.335 e. The molecule has 12 aromatic rings. The number of aromatic nitrogens is 12. The molecule has 0 saturated carbocycles. The van der Waals surface area contributed by atoms with Crippen molar-refractivity contribution in [1.29, 1.82) is 0 Å². The molecule has 6 aromatic carbocycles. The van der Waals surface area contributed by atoms with Gasteiger partial charge in [-0.3, -0.25) is 9.36 Å². The fraction of sp³-hybridized carbons (Fsp3) is 0.182. The van der Waals surface area contributed by atoms with Crippen molar-refractivity contribution in [3.05, 3.63) is 226 Å². The summed E-state index contributed by atoms with van der Waals surface area (Å²) in [5, 5.41) is 34.5. The van der Waals surface area contributed by atoms with E-state index in [1.54, 1.807) is 84.2 Å². The maximum absolute atomic E-state index is 15.5. The van der Waals surface area contributed by atoms with Crippen LogP contribution in [0.4, 0.5) is 26.3 Å². The first-order chi connectivity index (χ1) is 44.4. The molecular formula is C66H54F6N12O8. The topological polar surface area (TPSA) is 234 Å². The van der Waals surface area contributed by atoms with Crippen molar-refractivity contribution in [2.24, 2.45) is 14.1 Å². The Morgan fingerprint density at radius 2 is 0.870 bits per heavy atom. The van der Waals surface area contributed by atoms with Crippen molar-refractivity contribution in [2.75, 3.05) is 27.4 Å². The number of pyridine rings is 2. The molecule has 6 aromatic heterocycles. The average Bonchev–Trinajstić information content (AvgIpc) is 1.60. The summed E-state index contributed by atoms with van der Waals surface area (Å²) in [6, 6.07) is 31.9. The molecule has 0 aliphatic rings. The number of benzene rings is 6. The minimum atomic E-state index is -1.09. The summed E-state index contributed by atoms with van der Waals surface area (Å²) in [6.07, 6.45) is 3.24. The van der Waals surface area contributed by atoms with Gasteiger partial charge in [0, 0.05) is 99.8 Å². The lowest BCUT2D eigenvalue weighted by atomic mass is 10.0. The minimum Gasteiger partial charge on any atom is -0.478 e. The molecule has 0 fully saturated rings. The van der Waals surface area contributed by atoms with E-state index in [1.165, 1.54) is 84.2 Å². The fourth-order valence-electron chi connectivity index (χ4n) is 10.1. The van der Waals surface area contributed by atoms with Crippen molar-refractivity contribution < 1.29 is 65.1 Å². The standard InChI is InChI=1S/2C33H27F3N6O4/c2*1-41-17-29(39-40-41)19-6-7-21(24(34)12-19)18-46-32-5-3-4-27(38-32)23-16-25(35)22(13-26(23)36)15-31-37-28-9-8-20(33(43)44)14-30(28)42(31)10-11-45-2/h2*3-9,12-14,16-17H,10-11,15,18H2,1-2H3,(H,43,44). The molecule has 0 bridgehead atoms. The van der Waals surface area contributed by atoms with Crippen LogP contribution in [0.5, 0.6) is 11.8 Å². The number of imidazole rings is 2. The Morgan fingerprint density at radius 3 is 1.24 bits per heavy atom. The SMILES string of the molecule is COCCn1c(Cc2cc(F)c(-c3cccc(OCc4ccc(-c5cn(C)nn5)cc4F)n3)cc2F)nc2ccc(C(=O)O)cc21.COCCn1c(Cc2cc(F)c(-c3cccc(OCc4ccc(-c5cn(C)nn5)cc4F)n3)cc2F)nc2ccc(C(=O)O)cc21. The lowest BCUT2D eigenvalue weighted by Crippen LogP contribution is -2.10. The number of rotatable bonds is 22. The first-order valence-corrected chi connectivity index (χ1v) is 28.3. The van der Waals surface area contributed by atoms with Crippen molar-refractivity contribution in [3.63, 3.8) is 0 Å². The normalized spacial score (nSPS) is 11.3. The van der Waals surface area contributed by atoms with Gasteiger partial charge in [0.15, 0.2) is 0 Å². The van der Waals surface area contributed by atoms with Gasteiger partial charge in [0.2, 0.25) is 11.8 Å². The van der Waals surface area contributed by atoms with Crippen LogP contribution >= 0.6 is 0 Å². The second-order valence-electron chi connectivity index (χ2n) is 21.0. The third-order valence-corrected chi connectivity index (χ3v) is 14.8. The quantitative estimate of drug-likeness (QED) is 0.0600. The first kappa shape index (κ1) is 62.5. The van der Waals surface area contributed by atoms with Gasteiger partial charge in [-0.05, 0) is 96.1 Å². The van der Waals surface area contributed by atoms with Crippen LogP contribution < -0.4 is 9.47 Å². The molecule has 468 valence electrons. The molecule has 0 aliphatic carbocycles. The molecular weight excluding hydrogens is 1200 g/mol. The Hall–Kier alpha value is -11.1. The molecule has 0 radical (unpaired) electrons. The highest BCUT2D eigenvalue weighted by atomic mass is 19.1. The summed E-state index contributed by atoms with van der Waals surface area (Å²) < 4.78 is 120. The second kappa shape index (κ2) is 27.3. The van der Waals surface area contributed by atoms with Gasteiger partial charge in [-0.15, -0.1) is 10.2 Å². The summed E-state index contributed by atoms with van der Waals surface area (Å²) in [4.78, 5) is 40.8. The summed E-state index contributed by atoms with van der Waals surface area (Å²) in [5.74, 6) is -4.89. The number of methoxy groups -OCH3 is 2. The number of carboxylic acids is 2. The molecule has 0 saturated heterocycles. The van der Waals surface area contributed by atoms with E-state index >= 15 is 17.6 Å². The van der Waals surface area contributed by atoms with E-state index in [0.717, 1.165) is 24.3 Å². The monoisotopic (exact) mass is 1260 g/mol. The zero-order valence-corrected chi connectivity index (χ0v) is 49.5. The van der Waals surface area contributed by atoms with Gasteiger partial charge in [-0.25, -0.2) is 55.9 Å². The molecule has 92 heavy (non-hydrogen) atoms. The van der Waals surface area contributed by atoms with Crippen molar-refractivity contribution in [2.45, 2.75) is 39.1 Å². The third kappa shape index (κ3) is 14.0. The van der Waals surface area contributed by atoms with Gasteiger partial charge < -0.3 is 38.3 Å². The Labute approximate surface area is 519 Å². The first-order valence-electron chi connectivity index (χ1n) is 28.3. The van der Waals surface area contributed by atoms with Crippen LogP contribution in [0.2, 0.25) is 0 Å². The van der Waals surface area contributed by atoms with E-state index in [9.17, 15) is 28.6 Å². The summed E-state index contributed by atoms with van der Waals surface area (Å²) in [7, 11) is 6.49. The van der Waals surface area contributed by atoms with Crippen LogP contribution in [0.15, 0.2) is 146 Å². The van der Waals surface area contributed by atoms with Crippen LogP contribution in [0.3, 0.4) is 0 Å². The van der Waals surface area contributed by atoms with Gasteiger partial charge in [-0.1, -0.05) is 46.8 Å². The predicted octanol–water partition coefficient (Wildman–Crippen LogP) is 11.7. The lowest BCUT2D eigenvalue weighted by molar-refractivity contribution is 0.0686. The largest absolute Gasteiger partial charge is 0.478 e. The number of ether oxygens (including phenoxy) is 4. The molecule has 6 heterocycles. The summed E-state index contributed by atoms with van der Waals surface area (Å²) >= 11 is 0. The van der Waals surface area contributed by atoms with Gasteiger partial charge in [-0.2, -0.15) is 0 Å². The zero-order chi connectivity index (χ0) is 64.7. The van der Waals surface area contributed by atoms with Crippen LogP contribution in [-0.4, -0.2) is 109 Å². The van der Waals surface area contributed by atoms with Crippen LogP contribution in [-0.2, 0) is 62.7 Å². The molecule has 2 N–H and O–H groups in total. The van der Waals surface area contributed by atoms with Crippen LogP contribution in [0.1, 0.15) is 54.6 Å². The van der Waals surface area contributed by atoms with Crippen LogP contribution in [0, 0.1) is 34.9 Å². The number of aryl methyl sites for hydroxylation is 2. The van der Waals surface area contributed by atoms with Gasteiger partial charge in [0.25, 0.3) is 0 Å².